The van der Waals surface area contributed by atoms with E-state index in [1.807, 2.05) is 103 Å². The lowest BCUT2D eigenvalue weighted by molar-refractivity contribution is -0.146. The Bertz CT molecular complexity index is 3430. The van der Waals surface area contributed by atoms with E-state index in [-0.39, 0.29) is 30.5 Å². The van der Waals surface area contributed by atoms with E-state index in [4.69, 9.17) is 9.72 Å². The Morgan fingerprint density at radius 2 is 1.19 bits per heavy atom. The minimum absolute atomic E-state index is 0.221. The van der Waals surface area contributed by atoms with Crippen LogP contribution in [0, 0.1) is 5.82 Å². The Kier molecular flexibility index (Phi) is 16.8. The second-order valence-corrected chi connectivity index (χ2v) is 18.4. The smallest absolute Gasteiger partial charge is 0.324 e. The fourth-order valence-corrected chi connectivity index (χ4v) is 9.28. The summed E-state index contributed by atoms with van der Waals surface area (Å²) in [6, 6.07) is 39.2. The molecule has 2 amide bonds. The van der Waals surface area contributed by atoms with Crippen molar-refractivity contribution in [2.24, 2.45) is 0 Å². The molecule has 1 unspecified atom stereocenters. The summed E-state index contributed by atoms with van der Waals surface area (Å²) in [5.74, 6) is -0.440. The number of halogens is 2. The molecule has 2 saturated heterocycles. The van der Waals surface area contributed by atoms with E-state index in [9.17, 15) is 18.8 Å². The number of likely N-dealkylation sites (N-methyl/N-ethyl adjacent to an activating group) is 1. The van der Waals surface area contributed by atoms with E-state index in [2.05, 4.69) is 64.1 Å². The molecule has 0 spiro atoms. The number of amides is 2. The Balaban J connectivity index is 0.000000188. The molecule has 77 heavy (non-hydrogen) atoms. The third-order valence-electron chi connectivity index (χ3n) is 13.4. The zero-order valence-electron chi connectivity index (χ0n) is 42.8. The van der Waals surface area contributed by atoms with E-state index >= 15 is 4.39 Å². The number of anilines is 8. The highest BCUT2D eigenvalue weighted by molar-refractivity contribution is 6.01. The molecule has 2 aliphatic rings. The van der Waals surface area contributed by atoms with Crippen LogP contribution in [-0.2, 0) is 19.1 Å². The maximum absolute atomic E-state index is 15.1. The number of fused-ring (bicyclic) bond motifs is 2. The lowest BCUT2D eigenvalue weighted by Gasteiger charge is -2.39. The van der Waals surface area contributed by atoms with Gasteiger partial charge in [0, 0.05) is 121 Å². The standard InChI is InChI=1S/C30H30N6O3.C29H28F2N6O/c1-4-27(37)32-23-9-5-7-20(17-23)25-10-6-8-21-18-31-30(34-28(21)25)33-22-11-13-24(14-12-22)36-16-15-35(2)26(19-36)29(38)39-3;1-2-26(38)33-23-5-3-4-20(18-23)27-25(31)11-6-21-19-32-29(35-28(21)27)34-22-7-9-24(10-8-22)37-16-14-36(13-12-30)15-17-37/h4-14,17-18,26H,1,15-16,19H2,2-3H3,(H,32,37)(H,31,33,34);2-11,18-19H,1,12-17H2,(H,33,38)(H,32,34,35). The summed E-state index contributed by atoms with van der Waals surface area (Å²) in [6.45, 7) is 12.7. The van der Waals surface area contributed by atoms with Gasteiger partial charge in [-0.3, -0.25) is 24.2 Å². The number of hydrogen-bond acceptors (Lipinski definition) is 14. The Morgan fingerprint density at radius 3 is 1.79 bits per heavy atom. The van der Waals surface area contributed by atoms with Gasteiger partial charge in [-0.2, -0.15) is 0 Å². The number of alkyl halides is 1. The third-order valence-corrected chi connectivity index (χ3v) is 13.4. The number of carbonyl (C=O) groups excluding carboxylic acids is 3. The average molecular weight is 1040 g/mol. The summed E-state index contributed by atoms with van der Waals surface area (Å²) in [5.41, 5.74) is 9.01. The van der Waals surface area contributed by atoms with Gasteiger partial charge in [-0.1, -0.05) is 55.6 Å². The maximum Gasteiger partial charge on any atom is 0.324 e. The number of methoxy groups -OCH3 is 1. The predicted molar refractivity (Wildman–Crippen MR) is 302 cm³/mol. The van der Waals surface area contributed by atoms with Crippen molar-refractivity contribution in [2.45, 2.75) is 6.04 Å². The molecule has 0 aliphatic carbocycles. The SMILES string of the molecule is C=CC(=O)Nc1cccc(-c2c(F)ccc3cnc(Nc4ccc(N5CCN(CCF)CC5)cc4)nc23)c1.C=CC(=O)Nc1cccc(-c2cccc3cnc(Nc4ccc(N5CCN(C)C(C(=O)OC)C5)cc4)nc23)c1. The van der Waals surface area contributed by atoms with Crippen molar-refractivity contribution in [3.8, 4) is 22.3 Å². The molecule has 0 bridgehead atoms. The van der Waals surface area contributed by atoms with Crippen LogP contribution in [0.1, 0.15) is 0 Å². The molecular formula is C59H58F2N12O4. The number of rotatable bonds is 15. The number of nitrogens with one attached hydrogen (secondary N) is 4. The second kappa shape index (κ2) is 24.5. The highest BCUT2D eigenvalue weighted by Gasteiger charge is 2.31. The van der Waals surface area contributed by atoms with E-state index in [0.29, 0.717) is 58.4 Å². The van der Waals surface area contributed by atoms with Crippen LogP contribution >= 0.6 is 0 Å². The largest absolute Gasteiger partial charge is 0.468 e. The van der Waals surface area contributed by atoms with Crippen molar-refractivity contribution < 1.29 is 27.9 Å². The minimum Gasteiger partial charge on any atom is -0.468 e. The number of para-hydroxylation sites is 1. The number of hydrogen-bond donors (Lipinski definition) is 4. The van der Waals surface area contributed by atoms with Gasteiger partial charge in [0.1, 0.15) is 18.5 Å². The molecule has 1 atom stereocenters. The van der Waals surface area contributed by atoms with Gasteiger partial charge in [-0.05, 0) is 115 Å². The normalized spacial score (nSPS) is 14.7. The quantitative estimate of drug-likeness (QED) is 0.0565. The number of ether oxygens (including phenoxy) is 1. The van der Waals surface area contributed by atoms with E-state index in [1.165, 1.54) is 25.3 Å². The summed E-state index contributed by atoms with van der Waals surface area (Å²) in [5, 5.41) is 13.6. The maximum atomic E-state index is 15.1. The van der Waals surface area contributed by atoms with Gasteiger partial charge in [-0.15, -0.1) is 0 Å². The number of nitrogens with zero attached hydrogens (tertiary/aromatic N) is 8. The summed E-state index contributed by atoms with van der Waals surface area (Å²) in [4.78, 5) is 62.6. The van der Waals surface area contributed by atoms with Crippen LogP contribution in [0.3, 0.4) is 0 Å². The fraction of sp³-hybridized carbons (Fsp3) is 0.203. The Hall–Kier alpha value is -9.13. The van der Waals surface area contributed by atoms with Crippen molar-refractivity contribution in [3.63, 3.8) is 0 Å². The van der Waals surface area contributed by atoms with Crippen LogP contribution in [0.15, 0.2) is 165 Å². The van der Waals surface area contributed by atoms with E-state index in [1.54, 1.807) is 42.7 Å². The number of carbonyl (C=O) groups is 3. The lowest BCUT2D eigenvalue weighted by Crippen LogP contribution is -2.55. The van der Waals surface area contributed by atoms with Crippen molar-refractivity contribution in [2.75, 3.05) is 104 Å². The van der Waals surface area contributed by atoms with Crippen molar-refractivity contribution in [1.82, 2.24) is 29.7 Å². The van der Waals surface area contributed by atoms with Crippen molar-refractivity contribution in [3.05, 3.63) is 171 Å². The zero-order valence-corrected chi connectivity index (χ0v) is 42.8. The zero-order chi connectivity index (χ0) is 53.8. The molecule has 6 aromatic carbocycles. The van der Waals surface area contributed by atoms with Crippen molar-refractivity contribution in [1.29, 1.82) is 0 Å². The second-order valence-electron chi connectivity index (χ2n) is 18.4. The molecule has 2 aromatic heterocycles. The van der Waals surface area contributed by atoms with Gasteiger partial charge in [0.05, 0.1) is 18.1 Å². The van der Waals surface area contributed by atoms with E-state index < -0.39 is 5.82 Å². The number of piperazine rings is 2. The molecule has 0 saturated carbocycles. The summed E-state index contributed by atoms with van der Waals surface area (Å²) < 4.78 is 32.7. The van der Waals surface area contributed by atoms with Gasteiger partial charge >= 0.3 is 5.97 Å². The lowest BCUT2D eigenvalue weighted by atomic mass is 10.0. The highest BCUT2D eigenvalue weighted by Crippen LogP contribution is 2.34. The molecule has 2 aliphatic heterocycles. The first-order valence-corrected chi connectivity index (χ1v) is 25.1. The topological polar surface area (TPSA) is 173 Å². The molecule has 8 aromatic rings. The van der Waals surface area contributed by atoms with Crippen molar-refractivity contribution >= 4 is 85.6 Å². The summed E-state index contributed by atoms with van der Waals surface area (Å²) in [7, 11) is 3.37. The molecule has 0 radical (unpaired) electrons. The number of esters is 1. The Labute approximate surface area is 445 Å². The molecule has 2 fully saturated rings. The van der Waals surface area contributed by atoms with Gasteiger partial charge in [0.25, 0.3) is 0 Å². The molecule has 16 nitrogen and oxygen atoms in total. The monoisotopic (exact) mass is 1040 g/mol. The Morgan fingerprint density at radius 1 is 0.649 bits per heavy atom. The van der Waals surface area contributed by atoms with Crippen LogP contribution < -0.4 is 31.1 Å². The first-order chi connectivity index (χ1) is 37.5. The van der Waals surface area contributed by atoms with Crippen LogP contribution in [0.5, 0.6) is 0 Å². The third kappa shape index (κ3) is 12.9. The van der Waals surface area contributed by atoms with Gasteiger partial charge in [-0.25, -0.2) is 28.7 Å². The molecule has 18 heteroatoms. The first kappa shape index (κ1) is 52.7. The van der Waals surface area contributed by atoms with E-state index in [0.717, 1.165) is 84.0 Å². The summed E-state index contributed by atoms with van der Waals surface area (Å²) >= 11 is 0. The fourth-order valence-electron chi connectivity index (χ4n) is 9.28. The molecule has 4 N–H and O–H groups in total. The first-order valence-electron chi connectivity index (χ1n) is 25.1. The van der Waals surface area contributed by atoms with Crippen LogP contribution in [0.4, 0.5) is 54.8 Å². The van der Waals surface area contributed by atoms with Crippen LogP contribution in [0.2, 0.25) is 0 Å². The molecule has 4 heterocycles. The predicted octanol–water partition coefficient (Wildman–Crippen LogP) is 9.85. The van der Waals surface area contributed by atoms with Crippen LogP contribution in [0.25, 0.3) is 44.1 Å². The van der Waals surface area contributed by atoms with Gasteiger partial charge in [0.2, 0.25) is 23.7 Å². The molecule has 392 valence electrons. The van der Waals surface area contributed by atoms with Crippen LogP contribution in [-0.4, -0.2) is 127 Å². The van der Waals surface area contributed by atoms with Gasteiger partial charge in [0.15, 0.2) is 0 Å². The average Bonchev–Trinajstić information content (AvgIpc) is 3.46. The molecular weight excluding hydrogens is 979 g/mol. The number of aromatic nitrogens is 4. The number of benzene rings is 6. The highest BCUT2D eigenvalue weighted by atomic mass is 19.1. The minimum atomic E-state index is -0.426. The molecule has 10 rings (SSSR count). The van der Waals surface area contributed by atoms with Gasteiger partial charge < -0.3 is 35.8 Å². The summed E-state index contributed by atoms with van der Waals surface area (Å²) in [6.07, 6.45) is 5.87.